The number of halogens is 1. The molecule has 1 aromatic rings. The van der Waals surface area contributed by atoms with Gasteiger partial charge in [-0.1, -0.05) is 24.6 Å². The van der Waals surface area contributed by atoms with E-state index in [1.54, 1.807) is 25.1 Å². The minimum absolute atomic E-state index is 0.209. The van der Waals surface area contributed by atoms with Gasteiger partial charge in [-0.05, 0) is 38.0 Å². The highest BCUT2D eigenvalue weighted by atomic mass is 35.5. The van der Waals surface area contributed by atoms with Crippen molar-refractivity contribution in [1.29, 1.82) is 0 Å². The fraction of sp³-hybridized carbons (Fsp3) is 0.500. The molecule has 0 radical (unpaired) electrons. The van der Waals surface area contributed by atoms with E-state index in [1.165, 1.54) is 4.31 Å². The third kappa shape index (κ3) is 5.30. The molecule has 1 unspecified atom stereocenters. The largest absolute Gasteiger partial charge is 0.325 e. The van der Waals surface area contributed by atoms with Crippen molar-refractivity contribution >= 4 is 33.2 Å². The normalized spacial score (nSPS) is 13.2. The average Bonchev–Trinajstić information content (AvgIpc) is 2.38. The van der Waals surface area contributed by atoms with E-state index in [9.17, 15) is 13.2 Å². The van der Waals surface area contributed by atoms with Crippen molar-refractivity contribution in [3.05, 3.63) is 28.8 Å². The summed E-state index contributed by atoms with van der Waals surface area (Å²) in [5, 5.41) is 3.21. The molecule has 7 heteroatoms. The maximum Gasteiger partial charge on any atom is 0.239 e. The number of amides is 1. The highest BCUT2D eigenvalue weighted by molar-refractivity contribution is 7.88. The number of rotatable bonds is 6. The lowest BCUT2D eigenvalue weighted by molar-refractivity contribution is -0.116. The van der Waals surface area contributed by atoms with Gasteiger partial charge in [0.2, 0.25) is 15.9 Å². The fourth-order valence-corrected chi connectivity index (χ4v) is 3.19. The second kappa shape index (κ2) is 7.24. The second-order valence-corrected chi connectivity index (χ2v) is 7.44. The number of sulfonamides is 1. The van der Waals surface area contributed by atoms with E-state index in [-0.39, 0.29) is 18.5 Å². The van der Waals surface area contributed by atoms with Crippen LogP contribution >= 0.6 is 11.6 Å². The summed E-state index contributed by atoms with van der Waals surface area (Å²) in [7, 11) is -3.44. The Morgan fingerprint density at radius 2 is 2.05 bits per heavy atom. The summed E-state index contributed by atoms with van der Waals surface area (Å²) >= 11 is 5.89. The lowest BCUT2D eigenvalue weighted by Gasteiger charge is -2.25. The number of carbonyl (C=O) groups excluding carboxylic acids is 1. The van der Waals surface area contributed by atoms with Crippen molar-refractivity contribution in [1.82, 2.24) is 4.31 Å². The summed E-state index contributed by atoms with van der Waals surface area (Å²) in [5.74, 6) is -0.383. The molecule has 21 heavy (non-hydrogen) atoms. The molecule has 0 aliphatic carbocycles. The lowest BCUT2D eigenvalue weighted by atomic mass is 10.2. The Labute approximate surface area is 131 Å². The van der Waals surface area contributed by atoms with E-state index < -0.39 is 10.0 Å². The molecule has 0 spiro atoms. The van der Waals surface area contributed by atoms with E-state index >= 15 is 0 Å². The zero-order valence-corrected chi connectivity index (χ0v) is 14.3. The standard InChI is InChI=1S/C14H21ClN2O3S/c1-5-11(3)17(21(4,19)20)9-14(18)16-13-8-12(15)7-6-10(13)2/h6-8,11H,5,9H2,1-4H3,(H,16,18). The molecule has 0 aliphatic heterocycles. The summed E-state index contributed by atoms with van der Waals surface area (Å²) in [5.41, 5.74) is 1.45. The van der Waals surface area contributed by atoms with Crippen LogP contribution in [0.15, 0.2) is 18.2 Å². The number of benzene rings is 1. The topological polar surface area (TPSA) is 66.5 Å². The Morgan fingerprint density at radius 3 is 2.57 bits per heavy atom. The van der Waals surface area contributed by atoms with Crippen LogP contribution in [0.2, 0.25) is 5.02 Å². The minimum atomic E-state index is -3.44. The van der Waals surface area contributed by atoms with Crippen LogP contribution in [0.1, 0.15) is 25.8 Å². The molecule has 0 aromatic heterocycles. The molecule has 0 aliphatic rings. The van der Waals surface area contributed by atoms with E-state index in [0.29, 0.717) is 17.1 Å². The van der Waals surface area contributed by atoms with E-state index in [0.717, 1.165) is 11.8 Å². The third-order valence-electron chi connectivity index (χ3n) is 3.28. The highest BCUT2D eigenvalue weighted by Gasteiger charge is 2.24. The first-order valence-corrected chi connectivity index (χ1v) is 8.90. The van der Waals surface area contributed by atoms with Gasteiger partial charge in [-0.25, -0.2) is 8.42 Å². The molecule has 0 fully saturated rings. The predicted octanol–water partition coefficient (Wildman–Crippen LogP) is 2.65. The monoisotopic (exact) mass is 332 g/mol. The molecule has 1 atom stereocenters. The first-order valence-electron chi connectivity index (χ1n) is 6.68. The Morgan fingerprint density at radius 1 is 1.43 bits per heavy atom. The molecule has 0 heterocycles. The van der Waals surface area contributed by atoms with Crippen LogP contribution in [0.25, 0.3) is 0 Å². The third-order valence-corrected chi connectivity index (χ3v) is 4.86. The second-order valence-electron chi connectivity index (χ2n) is 5.07. The van der Waals surface area contributed by atoms with Gasteiger partial charge >= 0.3 is 0 Å². The average molecular weight is 333 g/mol. The molecule has 1 amide bonds. The molecule has 0 saturated carbocycles. The summed E-state index contributed by atoms with van der Waals surface area (Å²) < 4.78 is 24.7. The molecule has 0 bridgehead atoms. The van der Waals surface area contributed by atoms with E-state index in [4.69, 9.17) is 11.6 Å². The van der Waals surface area contributed by atoms with Crippen molar-refractivity contribution in [2.24, 2.45) is 0 Å². The predicted molar refractivity (Wildman–Crippen MR) is 86.1 cm³/mol. The Kier molecular flexibility index (Phi) is 6.19. The first kappa shape index (κ1) is 17.9. The number of anilines is 1. The van der Waals surface area contributed by atoms with Gasteiger partial charge in [-0.15, -0.1) is 0 Å². The van der Waals surface area contributed by atoms with Gasteiger partial charge in [0.25, 0.3) is 0 Å². The molecule has 1 N–H and O–H groups in total. The van der Waals surface area contributed by atoms with Crippen molar-refractivity contribution in [3.8, 4) is 0 Å². The van der Waals surface area contributed by atoms with Crippen LogP contribution in [0.5, 0.6) is 0 Å². The fourth-order valence-electron chi connectivity index (χ4n) is 1.86. The van der Waals surface area contributed by atoms with Gasteiger partial charge in [0.1, 0.15) is 0 Å². The smallest absolute Gasteiger partial charge is 0.239 e. The Hall–Kier alpha value is -1.11. The molecule has 0 saturated heterocycles. The summed E-state index contributed by atoms with van der Waals surface area (Å²) in [6, 6.07) is 4.93. The summed E-state index contributed by atoms with van der Waals surface area (Å²) in [6.45, 7) is 5.29. The van der Waals surface area contributed by atoms with Gasteiger partial charge < -0.3 is 5.32 Å². The maximum absolute atomic E-state index is 12.1. The van der Waals surface area contributed by atoms with Crippen molar-refractivity contribution < 1.29 is 13.2 Å². The van der Waals surface area contributed by atoms with Gasteiger partial charge in [0.15, 0.2) is 0 Å². The Balaban J connectivity index is 2.86. The van der Waals surface area contributed by atoms with Crippen LogP contribution < -0.4 is 5.32 Å². The quantitative estimate of drug-likeness (QED) is 0.870. The van der Waals surface area contributed by atoms with E-state index in [1.807, 2.05) is 13.8 Å². The zero-order valence-electron chi connectivity index (χ0n) is 12.7. The van der Waals surface area contributed by atoms with Crippen LogP contribution in [0.3, 0.4) is 0 Å². The number of hydrogen-bond donors (Lipinski definition) is 1. The van der Waals surface area contributed by atoms with Crippen molar-refractivity contribution in [2.45, 2.75) is 33.2 Å². The summed E-state index contributed by atoms with van der Waals surface area (Å²) in [6.07, 6.45) is 1.74. The van der Waals surface area contributed by atoms with Gasteiger partial charge in [0.05, 0.1) is 12.8 Å². The van der Waals surface area contributed by atoms with Crippen molar-refractivity contribution in [2.75, 3.05) is 18.1 Å². The SMILES string of the molecule is CCC(C)N(CC(=O)Nc1cc(Cl)ccc1C)S(C)(=O)=O. The zero-order chi connectivity index (χ0) is 16.2. The number of nitrogens with one attached hydrogen (secondary N) is 1. The summed E-state index contributed by atoms with van der Waals surface area (Å²) in [4.78, 5) is 12.1. The first-order chi connectivity index (χ1) is 9.65. The highest BCUT2D eigenvalue weighted by Crippen LogP contribution is 2.20. The Bertz CT molecular complexity index is 617. The maximum atomic E-state index is 12.1. The van der Waals surface area contributed by atoms with Crippen LogP contribution in [-0.4, -0.2) is 37.5 Å². The number of aryl methyl sites for hydroxylation is 1. The molecule has 1 rings (SSSR count). The minimum Gasteiger partial charge on any atom is -0.325 e. The van der Waals surface area contributed by atoms with Crippen LogP contribution in [0, 0.1) is 6.92 Å². The van der Waals surface area contributed by atoms with Gasteiger partial charge in [0, 0.05) is 16.8 Å². The number of hydrogen-bond acceptors (Lipinski definition) is 3. The molecular weight excluding hydrogens is 312 g/mol. The molecule has 118 valence electrons. The van der Waals surface area contributed by atoms with Gasteiger partial charge in [-0.2, -0.15) is 4.31 Å². The van der Waals surface area contributed by atoms with Crippen molar-refractivity contribution in [3.63, 3.8) is 0 Å². The van der Waals surface area contributed by atoms with Crippen LogP contribution in [0.4, 0.5) is 5.69 Å². The van der Waals surface area contributed by atoms with Gasteiger partial charge in [-0.3, -0.25) is 4.79 Å². The lowest BCUT2D eigenvalue weighted by Crippen LogP contribution is -2.42. The molecular formula is C14H21ClN2O3S. The molecule has 1 aromatic carbocycles. The van der Waals surface area contributed by atoms with E-state index in [2.05, 4.69) is 5.32 Å². The molecule has 5 nitrogen and oxygen atoms in total. The van der Waals surface area contributed by atoms with Crippen LogP contribution in [-0.2, 0) is 14.8 Å². The number of carbonyl (C=O) groups is 1. The number of nitrogens with zero attached hydrogens (tertiary/aromatic N) is 1.